The summed E-state index contributed by atoms with van der Waals surface area (Å²) in [6.45, 7) is 12.6. The average Bonchev–Trinajstić information content (AvgIpc) is 3.55. The summed E-state index contributed by atoms with van der Waals surface area (Å²) in [5, 5.41) is 6.61. The molecule has 13 heteroatoms. The molecule has 4 aromatic rings. The van der Waals surface area contributed by atoms with Crippen molar-refractivity contribution in [3.63, 3.8) is 0 Å². The molecule has 0 radical (unpaired) electrons. The number of piperazine rings is 1. The maximum Gasteiger partial charge on any atom is 0.410 e. The van der Waals surface area contributed by atoms with Crippen molar-refractivity contribution in [3.05, 3.63) is 72.8 Å². The fourth-order valence-corrected chi connectivity index (χ4v) is 7.21. The lowest BCUT2D eigenvalue weighted by Gasteiger charge is -2.37. The van der Waals surface area contributed by atoms with E-state index in [1.54, 1.807) is 11.2 Å². The quantitative estimate of drug-likeness (QED) is 0.215. The van der Waals surface area contributed by atoms with Gasteiger partial charge in [-0.25, -0.2) is 19.7 Å². The van der Waals surface area contributed by atoms with Gasteiger partial charge in [-0.1, -0.05) is 30.3 Å². The van der Waals surface area contributed by atoms with Crippen LogP contribution in [-0.4, -0.2) is 111 Å². The standard InChI is InChI=1S/C39H51N9O4/c1-39(2,3)52-38(50)47-15-13-33(14-16-47)51-22-21-45-17-19-46(20-18-45)31-11-9-29(10-12-31)44-36-35-37(41-26-40-36)48(27-42-35)32-24-30(25-32)43-34(49)23-28-7-5-4-6-8-28/h4-12,26-27,30,32-33H,13-25H2,1-3H3,(H,43,49)(H,40,41,44). The molecule has 0 atom stereocenters. The van der Waals surface area contributed by atoms with Crippen molar-refractivity contribution in [2.45, 2.75) is 76.7 Å². The van der Waals surface area contributed by atoms with E-state index in [-0.39, 0.29) is 30.2 Å². The molecule has 52 heavy (non-hydrogen) atoms. The number of anilines is 3. The predicted octanol–water partition coefficient (Wildman–Crippen LogP) is 5.17. The fourth-order valence-electron chi connectivity index (χ4n) is 7.21. The molecule has 0 unspecified atom stereocenters. The number of piperidine rings is 1. The molecule has 2 saturated heterocycles. The van der Waals surface area contributed by atoms with E-state index in [0.717, 1.165) is 80.8 Å². The van der Waals surface area contributed by atoms with Crippen LogP contribution in [0.15, 0.2) is 67.3 Å². The van der Waals surface area contributed by atoms with Crippen molar-refractivity contribution in [2.75, 3.05) is 62.6 Å². The highest BCUT2D eigenvalue weighted by Crippen LogP contribution is 2.35. The molecule has 1 saturated carbocycles. The highest BCUT2D eigenvalue weighted by atomic mass is 16.6. The van der Waals surface area contributed by atoms with E-state index in [4.69, 9.17) is 9.47 Å². The Morgan fingerprint density at radius 1 is 0.885 bits per heavy atom. The average molecular weight is 710 g/mol. The van der Waals surface area contributed by atoms with E-state index in [9.17, 15) is 9.59 Å². The predicted molar refractivity (Wildman–Crippen MR) is 201 cm³/mol. The van der Waals surface area contributed by atoms with Gasteiger partial charge in [0.25, 0.3) is 0 Å². The summed E-state index contributed by atoms with van der Waals surface area (Å²) in [7, 11) is 0. The third kappa shape index (κ3) is 8.99. The zero-order valence-electron chi connectivity index (χ0n) is 30.5. The van der Waals surface area contributed by atoms with Crippen LogP contribution < -0.4 is 15.5 Å². The highest BCUT2D eigenvalue weighted by molar-refractivity contribution is 5.85. The number of nitrogens with zero attached hydrogens (tertiary/aromatic N) is 7. The van der Waals surface area contributed by atoms with Crippen LogP contribution in [0.2, 0.25) is 0 Å². The SMILES string of the molecule is CC(C)(C)OC(=O)N1CCC(OCCN2CCN(c3ccc(Nc4ncnc5c4ncn5C4CC(NC(=O)Cc5ccccc5)C4)cc3)CC2)CC1. The molecule has 276 valence electrons. The Morgan fingerprint density at radius 2 is 1.62 bits per heavy atom. The Morgan fingerprint density at radius 3 is 2.33 bits per heavy atom. The summed E-state index contributed by atoms with van der Waals surface area (Å²) in [6, 6.07) is 18.7. The van der Waals surface area contributed by atoms with Gasteiger partial charge in [0.05, 0.1) is 25.5 Å². The van der Waals surface area contributed by atoms with Crippen LogP contribution in [0.4, 0.5) is 22.0 Å². The number of hydrogen-bond acceptors (Lipinski definition) is 10. The highest BCUT2D eigenvalue weighted by Gasteiger charge is 2.33. The molecule has 3 aliphatic rings. The van der Waals surface area contributed by atoms with Gasteiger partial charge in [0.15, 0.2) is 17.0 Å². The number of ether oxygens (including phenoxy) is 2. The molecule has 0 spiro atoms. The van der Waals surface area contributed by atoms with Crippen molar-refractivity contribution in [2.24, 2.45) is 0 Å². The van der Waals surface area contributed by atoms with E-state index in [1.165, 1.54) is 5.69 Å². The van der Waals surface area contributed by atoms with Gasteiger partial charge < -0.3 is 34.5 Å². The number of hydrogen-bond donors (Lipinski definition) is 2. The first kappa shape index (κ1) is 35.6. The minimum atomic E-state index is -0.471. The second-order valence-electron chi connectivity index (χ2n) is 15.1. The number of rotatable bonds is 11. The van der Waals surface area contributed by atoms with Crippen molar-refractivity contribution < 1.29 is 19.1 Å². The minimum absolute atomic E-state index is 0.0557. The molecule has 13 nitrogen and oxygen atoms in total. The van der Waals surface area contributed by atoms with Crippen LogP contribution in [-0.2, 0) is 20.7 Å². The first-order valence-corrected chi connectivity index (χ1v) is 18.6. The monoisotopic (exact) mass is 709 g/mol. The first-order chi connectivity index (χ1) is 25.2. The number of amides is 2. The lowest BCUT2D eigenvalue weighted by molar-refractivity contribution is -0.121. The Labute approximate surface area is 305 Å². The Balaban J connectivity index is 0.829. The van der Waals surface area contributed by atoms with Crippen molar-refractivity contribution in [3.8, 4) is 0 Å². The third-order valence-electron chi connectivity index (χ3n) is 10.2. The number of likely N-dealkylation sites (tertiary alicyclic amines) is 1. The van der Waals surface area contributed by atoms with Gasteiger partial charge in [-0.2, -0.15) is 0 Å². The van der Waals surface area contributed by atoms with Gasteiger partial charge in [-0.05, 0) is 76.3 Å². The van der Waals surface area contributed by atoms with Crippen LogP contribution >= 0.6 is 0 Å². The molecular weight excluding hydrogens is 658 g/mol. The molecule has 4 heterocycles. The second kappa shape index (κ2) is 15.9. The molecule has 2 aromatic heterocycles. The third-order valence-corrected chi connectivity index (χ3v) is 10.2. The van der Waals surface area contributed by atoms with Gasteiger partial charge in [0, 0.05) is 69.3 Å². The molecule has 0 bridgehead atoms. The van der Waals surface area contributed by atoms with Crippen LogP contribution in [0.25, 0.3) is 11.2 Å². The van der Waals surface area contributed by atoms with Crippen molar-refractivity contribution in [1.82, 2.24) is 34.6 Å². The first-order valence-electron chi connectivity index (χ1n) is 18.6. The molecule has 2 aromatic carbocycles. The number of carbonyl (C=O) groups excluding carboxylic acids is 2. The number of fused-ring (bicyclic) bond motifs is 1. The smallest absolute Gasteiger partial charge is 0.410 e. The molecule has 7 rings (SSSR count). The number of imidazole rings is 1. The normalized spacial score (nSPS) is 20.1. The summed E-state index contributed by atoms with van der Waals surface area (Å²) in [4.78, 5) is 45.3. The summed E-state index contributed by atoms with van der Waals surface area (Å²) in [5.41, 5.74) is 4.21. The second-order valence-corrected chi connectivity index (χ2v) is 15.1. The number of nitrogens with one attached hydrogen (secondary N) is 2. The number of carbonyl (C=O) groups is 2. The summed E-state index contributed by atoms with van der Waals surface area (Å²) in [5.74, 6) is 0.730. The van der Waals surface area contributed by atoms with Crippen LogP contribution in [0.1, 0.15) is 58.1 Å². The molecule has 2 aliphatic heterocycles. The van der Waals surface area contributed by atoms with E-state index in [2.05, 4.69) is 64.2 Å². The Hall–Kier alpha value is -4.75. The van der Waals surface area contributed by atoms with Crippen LogP contribution in [0.5, 0.6) is 0 Å². The molecule has 2 N–H and O–H groups in total. The summed E-state index contributed by atoms with van der Waals surface area (Å²) >= 11 is 0. The van der Waals surface area contributed by atoms with E-state index in [0.29, 0.717) is 31.9 Å². The zero-order chi connectivity index (χ0) is 36.1. The fraction of sp³-hybridized carbons (Fsp3) is 0.513. The van der Waals surface area contributed by atoms with Gasteiger partial charge in [-0.15, -0.1) is 0 Å². The Bertz CT molecular complexity index is 1790. The van der Waals surface area contributed by atoms with E-state index in [1.807, 2.05) is 57.4 Å². The Kier molecular flexibility index (Phi) is 10.9. The van der Waals surface area contributed by atoms with Gasteiger partial charge in [0.1, 0.15) is 11.9 Å². The largest absolute Gasteiger partial charge is 0.444 e. The van der Waals surface area contributed by atoms with Gasteiger partial charge in [0.2, 0.25) is 5.91 Å². The van der Waals surface area contributed by atoms with Crippen LogP contribution in [0.3, 0.4) is 0 Å². The summed E-state index contributed by atoms with van der Waals surface area (Å²) in [6.07, 6.45) is 7.17. The number of benzene rings is 2. The topological polar surface area (TPSA) is 130 Å². The van der Waals surface area contributed by atoms with Crippen molar-refractivity contribution >= 4 is 40.4 Å². The minimum Gasteiger partial charge on any atom is -0.444 e. The van der Waals surface area contributed by atoms with Crippen LogP contribution in [0, 0.1) is 0 Å². The number of aromatic nitrogens is 4. The van der Waals surface area contributed by atoms with E-state index < -0.39 is 5.60 Å². The molecule has 2 amide bonds. The lowest BCUT2D eigenvalue weighted by Crippen LogP contribution is -2.48. The van der Waals surface area contributed by atoms with Crippen molar-refractivity contribution in [1.29, 1.82) is 0 Å². The van der Waals surface area contributed by atoms with Gasteiger partial charge in [-0.3, -0.25) is 9.69 Å². The molecule has 3 fully saturated rings. The maximum absolute atomic E-state index is 12.5. The lowest BCUT2D eigenvalue weighted by atomic mass is 9.86. The molecular formula is C39H51N9O4. The molecule has 1 aliphatic carbocycles. The van der Waals surface area contributed by atoms with E-state index >= 15 is 0 Å². The summed E-state index contributed by atoms with van der Waals surface area (Å²) < 4.78 is 13.8. The van der Waals surface area contributed by atoms with Gasteiger partial charge >= 0.3 is 6.09 Å². The zero-order valence-corrected chi connectivity index (χ0v) is 30.5. The maximum atomic E-state index is 12.5.